The number of rotatable bonds is 6. The topological polar surface area (TPSA) is 127 Å². The normalized spacial score (nSPS) is 43.1. The highest BCUT2D eigenvalue weighted by atomic mass is 16.5. The van der Waals surface area contributed by atoms with Gasteiger partial charge in [0, 0.05) is 5.56 Å². The highest BCUT2D eigenvalue weighted by Crippen LogP contribution is 2.75. The van der Waals surface area contributed by atoms with Gasteiger partial charge in [-0.05, 0) is 108 Å². The molecule has 2 aromatic rings. The van der Waals surface area contributed by atoms with Gasteiger partial charge in [-0.2, -0.15) is 0 Å². The van der Waals surface area contributed by atoms with Crippen molar-refractivity contribution in [3.05, 3.63) is 42.0 Å². The summed E-state index contributed by atoms with van der Waals surface area (Å²) in [6.07, 6.45) is 9.01. The van der Waals surface area contributed by atoms with Crippen LogP contribution in [0.2, 0.25) is 0 Å². The van der Waals surface area contributed by atoms with E-state index in [1.807, 2.05) is 37.3 Å². The lowest BCUT2D eigenvalue weighted by atomic mass is 9.33. The molecule has 0 aliphatic heterocycles. The van der Waals surface area contributed by atoms with E-state index in [1.165, 1.54) is 5.57 Å². The minimum Gasteiger partial charge on any atom is -0.463 e. The molecule has 9 heteroatoms. The van der Waals surface area contributed by atoms with Crippen LogP contribution in [0.1, 0.15) is 99.3 Å². The molecule has 0 saturated heterocycles. The van der Waals surface area contributed by atoms with Crippen molar-refractivity contribution in [2.24, 2.45) is 50.2 Å². The zero-order chi connectivity index (χ0) is 34.3. The Morgan fingerprint density at radius 1 is 0.958 bits per heavy atom. The van der Waals surface area contributed by atoms with Crippen LogP contribution in [-0.2, 0) is 20.9 Å². The minimum absolute atomic E-state index is 0.0247. The second kappa shape index (κ2) is 11.3. The third-order valence-corrected chi connectivity index (χ3v) is 15.1. The van der Waals surface area contributed by atoms with Crippen LogP contribution in [0.4, 0.5) is 0 Å². The maximum absolute atomic E-state index is 14.4. The van der Waals surface area contributed by atoms with Crippen molar-refractivity contribution >= 4 is 12.3 Å². The molecule has 0 bridgehead atoms. The number of aliphatic hydroxyl groups is 2. The van der Waals surface area contributed by atoms with E-state index < -0.39 is 23.0 Å². The summed E-state index contributed by atoms with van der Waals surface area (Å²) in [6.45, 7) is 14.1. The number of allylic oxidation sites excluding steroid dienone is 2. The number of fused-ring (bicyclic) bond motifs is 7. The van der Waals surface area contributed by atoms with Crippen molar-refractivity contribution in [1.29, 1.82) is 0 Å². The number of tetrazole rings is 1. The van der Waals surface area contributed by atoms with Crippen molar-refractivity contribution in [2.45, 2.75) is 118 Å². The van der Waals surface area contributed by atoms with Crippen molar-refractivity contribution in [3.63, 3.8) is 0 Å². The zero-order valence-electron chi connectivity index (χ0n) is 29.6. The predicted molar refractivity (Wildman–Crippen MR) is 181 cm³/mol. The third kappa shape index (κ3) is 4.58. The number of carbonyl (C=O) groups is 2. The number of carbonyl (C=O) groups excluding carboxylic acids is 2. The summed E-state index contributed by atoms with van der Waals surface area (Å²) in [5.41, 5.74) is -0.0390. The van der Waals surface area contributed by atoms with Gasteiger partial charge in [0.05, 0.1) is 24.2 Å². The van der Waals surface area contributed by atoms with E-state index in [-0.39, 0.29) is 46.1 Å². The van der Waals surface area contributed by atoms with Crippen LogP contribution >= 0.6 is 0 Å². The molecule has 7 rings (SSSR count). The Balaban J connectivity index is 1.20. The van der Waals surface area contributed by atoms with Crippen molar-refractivity contribution in [3.8, 4) is 11.4 Å². The summed E-state index contributed by atoms with van der Waals surface area (Å²) in [4.78, 5) is 27.0. The minimum atomic E-state index is -1.00. The molecule has 1 aromatic heterocycles. The Labute approximate surface area is 284 Å². The lowest BCUT2D eigenvalue weighted by molar-refractivity contribution is -0.219. The standard InChI is InChI=1S/C39H54N4O5/c1-34(2)18-19-39(33(47)48-21-20-43-32(40-41-42-43)25-10-8-7-9-11-25)27(22-34)26-12-13-29-35(3)16-15-30(45)36(4,24-44)28(35)14-17-37(29,5)38(26,6)23-31(39)46/h7-12,24,27-31,45-46H,13-23H2,1-6H3/t27-,28+,29+,30-,31+,35-,36-,37+,38+,39+/m0/s1. The van der Waals surface area contributed by atoms with Gasteiger partial charge >= 0.3 is 5.97 Å². The van der Waals surface area contributed by atoms with Gasteiger partial charge in [0.1, 0.15) is 18.3 Å². The molecule has 0 radical (unpaired) electrons. The summed E-state index contributed by atoms with van der Waals surface area (Å²) >= 11 is 0. The number of nitrogens with zero attached hydrogens (tertiary/aromatic N) is 4. The zero-order valence-corrected chi connectivity index (χ0v) is 29.6. The largest absolute Gasteiger partial charge is 0.463 e. The average molecular weight is 659 g/mol. The fourth-order valence-corrected chi connectivity index (χ4v) is 12.1. The fourth-order valence-electron chi connectivity index (χ4n) is 12.1. The van der Waals surface area contributed by atoms with E-state index in [0.717, 1.165) is 50.4 Å². The Kier molecular flexibility index (Phi) is 7.91. The number of aldehydes is 1. The van der Waals surface area contributed by atoms with Crippen LogP contribution in [0.3, 0.4) is 0 Å². The first-order valence-corrected chi connectivity index (χ1v) is 18.2. The number of aliphatic hydroxyl groups excluding tert-OH is 2. The Hall–Kier alpha value is -2.91. The molecule has 48 heavy (non-hydrogen) atoms. The number of esters is 1. The summed E-state index contributed by atoms with van der Waals surface area (Å²) < 4.78 is 7.79. The quantitative estimate of drug-likeness (QED) is 0.214. The van der Waals surface area contributed by atoms with E-state index in [2.05, 4.69) is 56.2 Å². The first-order chi connectivity index (χ1) is 22.7. The van der Waals surface area contributed by atoms with Gasteiger partial charge in [-0.1, -0.05) is 83.5 Å². The molecule has 1 aromatic carbocycles. The van der Waals surface area contributed by atoms with Crippen LogP contribution in [0.15, 0.2) is 42.0 Å². The van der Waals surface area contributed by atoms with Crippen molar-refractivity contribution < 1.29 is 24.5 Å². The molecular weight excluding hydrogens is 604 g/mol. The van der Waals surface area contributed by atoms with Crippen LogP contribution in [0.25, 0.3) is 11.4 Å². The number of hydrogen-bond acceptors (Lipinski definition) is 8. The van der Waals surface area contributed by atoms with Crippen molar-refractivity contribution in [2.75, 3.05) is 6.61 Å². The first kappa shape index (κ1) is 33.6. The number of ether oxygens (including phenoxy) is 1. The molecule has 5 aliphatic carbocycles. The molecule has 0 spiro atoms. The summed E-state index contributed by atoms with van der Waals surface area (Å²) in [5.74, 6) is 0.616. The maximum Gasteiger partial charge on any atom is 0.315 e. The highest BCUT2D eigenvalue weighted by Gasteiger charge is 2.71. The Bertz CT molecular complexity index is 1610. The molecule has 10 atom stereocenters. The first-order valence-electron chi connectivity index (χ1n) is 18.2. The molecule has 260 valence electrons. The summed E-state index contributed by atoms with van der Waals surface area (Å²) in [6, 6.07) is 9.72. The number of hydrogen-bond donors (Lipinski definition) is 2. The SMILES string of the molecule is CC1(C)CC[C@]2(C(=O)OCCn3nnnc3-c3ccccc3)[C@H](O)C[C@]3(C)C(=CC[C@@H]4[C@@]5(C)CC[C@H](O)[C@@](C)(C=O)[C@@H]5CC[C@]43C)[C@@H]2C1. The van der Waals surface area contributed by atoms with Gasteiger partial charge in [0.15, 0.2) is 5.82 Å². The highest BCUT2D eigenvalue weighted by molar-refractivity contribution is 5.79. The van der Waals surface area contributed by atoms with E-state index in [9.17, 15) is 19.8 Å². The monoisotopic (exact) mass is 658 g/mol. The molecule has 4 fully saturated rings. The van der Waals surface area contributed by atoms with Gasteiger partial charge in [0.2, 0.25) is 0 Å². The molecule has 4 saturated carbocycles. The predicted octanol–water partition coefficient (Wildman–Crippen LogP) is 6.20. The second-order valence-corrected chi connectivity index (χ2v) is 17.7. The van der Waals surface area contributed by atoms with Crippen LogP contribution in [0.5, 0.6) is 0 Å². The van der Waals surface area contributed by atoms with Gasteiger partial charge in [0.25, 0.3) is 0 Å². The second-order valence-electron chi connectivity index (χ2n) is 17.7. The molecular formula is C39H54N4O5. The lowest BCUT2D eigenvalue weighted by Crippen LogP contribution is -2.68. The smallest absolute Gasteiger partial charge is 0.315 e. The average Bonchev–Trinajstić information content (AvgIpc) is 3.52. The van der Waals surface area contributed by atoms with Gasteiger partial charge in [-0.15, -0.1) is 5.10 Å². The molecule has 1 heterocycles. The lowest BCUT2D eigenvalue weighted by Gasteiger charge is -2.71. The molecule has 5 aliphatic rings. The van der Waals surface area contributed by atoms with Gasteiger partial charge in [-0.25, -0.2) is 4.68 Å². The molecule has 0 unspecified atom stereocenters. The Morgan fingerprint density at radius 2 is 1.71 bits per heavy atom. The van der Waals surface area contributed by atoms with Crippen LogP contribution < -0.4 is 0 Å². The van der Waals surface area contributed by atoms with E-state index in [4.69, 9.17) is 4.74 Å². The molecule has 9 nitrogen and oxygen atoms in total. The number of aromatic nitrogens is 4. The number of benzene rings is 1. The van der Waals surface area contributed by atoms with E-state index in [0.29, 0.717) is 37.5 Å². The van der Waals surface area contributed by atoms with Crippen molar-refractivity contribution in [1.82, 2.24) is 20.2 Å². The fraction of sp³-hybridized carbons (Fsp3) is 0.718. The van der Waals surface area contributed by atoms with Crippen LogP contribution in [-0.4, -0.2) is 61.5 Å². The summed E-state index contributed by atoms with van der Waals surface area (Å²) in [5, 5.41) is 35.6. The van der Waals surface area contributed by atoms with Gasteiger partial charge in [-0.3, -0.25) is 4.79 Å². The molecule has 2 N–H and O–H groups in total. The summed E-state index contributed by atoms with van der Waals surface area (Å²) in [7, 11) is 0. The van der Waals surface area contributed by atoms with E-state index >= 15 is 0 Å². The third-order valence-electron chi connectivity index (χ3n) is 15.1. The van der Waals surface area contributed by atoms with Gasteiger partial charge < -0.3 is 19.7 Å². The maximum atomic E-state index is 14.4. The van der Waals surface area contributed by atoms with Crippen LogP contribution in [0, 0.1) is 50.2 Å². The van der Waals surface area contributed by atoms with E-state index in [1.54, 1.807) is 4.68 Å². The molecule has 0 amide bonds. The Morgan fingerprint density at radius 3 is 2.44 bits per heavy atom.